The molecule has 0 N–H and O–H groups in total. The van der Waals surface area contributed by atoms with Crippen LogP contribution < -0.4 is 0 Å². The molecule has 20 heavy (non-hydrogen) atoms. The lowest BCUT2D eigenvalue weighted by Gasteiger charge is -2.07. The van der Waals surface area contributed by atoms with Gasteiger partial charge in [0.25, 0.3) is 0 Å². The summed E-state index contributed by atoms with van der Waals surface area (Å²) in [5.74, 6) is -1.89. The molecular weight excluding hydrogens is 271 g/mol. The van der Waals surface area contributed by atoms with Crippen molar-refractivity contribution in [1.82, 2.24) is 4.98 Å². The van der Waals surface area contributed by atoms with E-state index in [-0.39, 0.29) is 11.1 Å². The zero-order valence-corrected chi connectivity index (χ0v) is 10.0. The summed E-state index contributed by atoms with van der Waals surface area (Å²) in [6, 6.07) is 6.61. The van der Waals surface area contributed by atoms with E-state index < -0.39 is 23.3 Å². The first-order valence-electron chi connectivity index (χ1n) is 5.56. The van der Waals surface area contributed by atoms with Crippen molar-refractivity contribution in [3.8, 4) is 0 Å². The fraction of sp³-hybridized carbons (Fsp3) is 0.0714. The van der Waals surface area contributed by atoms with Crippen molar-refractivity contribution in [3.63, 3.8) is 0 Å². The summed E-state index contributed by atoms with van der Waals surface area (Å²) in [5, 5.41) is 0. The molecule has 0 aliphatic rings. The fourth-order valence-corrected chi connectivity index (χ4v) is 1.60. The first-order chi connectivity index (χ1) is 9.39. The van der Waals surface area contributed by atoms with Crippen LogP contribution in [0.2, 0.25) is 0 Å². The lowest BCUT2D eigenvalue weighted by molar-refractivity contribution is -0.137. The van der Waals surface area contributed by atoms with Crippen molar-refractivity contribution in [1.29, 1.82) is 0 Å². The number of carbonyl (C=O) groups is 2. The minimum atomic E-state index is -4.56. The fourth-order valence-electron chi connectivity index (χ4n) is 1.60. The molecule has 0 saturated heterocycles. The average Bonchev–Trinajstić information content (AvgIpc) is 2.46. The third-order valence-electron chi connectivity index (χ3n) is 2.58. The van der Waals surface area contributed by atoms with Gasteiger partial charge < -0.3 is 0 Å². The Morgan fingerprint density at radius 3 is 2.20 bits per heavy atom. The van der Waals surface area contributed by atoms with Crippen LogP contribution in [0.15, 0.2) is 48.8 Å². The SMILES string of the molecule is O=C(C(=O)c1cccc(C(F)(F)F)c1)c1cccnc1. The van der Waals surface area contributed by atoms with Gasteiger partial charge >= 0.3 is 6.18 Å². The molecule has 0 spiro atoms. The highest BCUT2D eigenvalue weighted by Crippen LogP contribution is 2.29. The average molecular weight is 279 g/mol. The highest BCUT2D eigenvalue weighted by Gasteiger charge is 2.31. The van der Waals surface area contributed by atoms with Crippen LogP contribution >= 0.6 is 0 Å². The van der Waals surface area contributed by atoms with Crippen molar-refractivity contribution in [2.75, 3.05) is 0 Å². The van der Waals surface area contributed by atoms with E-state index in [2.05, 4.69) is 4.98 Å². The van der Waals surface area contributed by atoms with Crippen molar-refractivity contribution < 1.29 is 22.8 Å². The summed E-state index contributed by atoms with van der Waals surface area (Å²) < 4.78 is 37.6. The molecule has 0 fully saturated rings. The number of alkyl halides is 3. The number of nitrogens with zero attached hydrogens (tertiary/aromatic N) is 1. The molecule has 0 aliphatic carbocycles. The molecule has 0 saturated carbocycles. The molecule has 0 radical (unpaired) electrons. The summed E-state index contributed by atoms with van der Waals surface area (Å²) in [6.45, 7) is 0. The van der Waals surface area contributed by atoms with Gasteiger partial charge in [-0.1, -0.05) is 12.1 Å². The molecule has 3 nitrogen and oxygen atoms in total. The molecule has 0 atom stereocenters. The van der Waals surface area contributed by atoms with Gasteiger partial charge in [0.05, 0.1) is 5.56 Å². The van der Waals surface area contributed by atoms with E-state index in [0.29, 0.717) is 6.07 Å². The van der Waals surface area contributed by atoms with E-state index in [0.717, 1.165) is 12.1 Å². The second-order valence-electron chi connectivity index (χ2n) is 3.98. The third-order valence-corrected chi connectivity index (χ3v) is 2.58. The second kappa shape index (κ2) is 5.24. The molecule has 0 unspecified atom stereocenters. The van der Waals surface area contributed by atoms with Crippen LogP contribution in [0.1, 0.15) is 26.3 Å². The lowest BCUT2D eigenvalue weighted by atomic mass is 10.0. The number of carbonyl (C=O) groups excluding carboxylic acids is 2. The lowest BCUT2D eigenvalue weighted by Crippen LogP contribution is -2.16. The van der Waals surface area contributed by atoms with E-state index in [4.69, 9.17) is 0 Å². The summed E-state index contributed by atoms with van der Waals surface area (Å²) in [4.78, 5) is 27.4. The maximum absolute atomic E-state index is 12.5. The predicted molar refractivity (Wildman–Crippen MR) is 64.3 cm³/mol. The summed E-state index contributed by atoms with van der Waals surface area (Å²) in [6.07, 6.45) is -1.95. The molecule has 2 rings (SSSR count). The Balaban J connectivity index is 2.33. The van der Waals surface area contributed by atoms with Gasteiger partial charge in [-0.2, -0.15) is 13.2 Å². The Morgan fingerprint density at radius 1 is 0.950 bits per heavy atom. The summed E-state index contributed by atoms with van der Waals surface area (Å²) >= 11 is 0. The number of ketones is 2. The van der Waals surface area contributed by atoms with Crippen LogP contribution in [0, 0.1) is 0 Å². The number of aromatic nitrogens is 1. The van der Waals surface area contributed by atoms with Crippen molar-refractivity contribution >= 4 is 11.6 Å². The molecule has 0 amide bonds. The zero-order chi connectivity index (χ0) is 14.8. The van der Waals surface area contributed by atoms with Crippen LogP contribution in [0.4, 0.5) is 13.2 Å². The monoisotopic (exact) mass is 279 g/mol. The van der Waals surface area contributed by atoms with Gasteiger partial charge in [-0.25, -0.2) is 0 Å². The number of hydrogen-bond acceptors (Lipinski definition) is 3. The number of benzene rings is 1. The topological polar surface area (TPSA) is 47.0 Å². The first-order valence-corrected chi connectivity index (χ1v) is 5.56. The van der Waals surface area contributed by atoms with Crippen LogP contribution in [0.5, 0.6) is 0 Å². The largest absolute Gasteiger partial charge is 0.416 e. The molecule has 1 heterocycles. The molecule has 6 heteroatoms. The van der Waals surface area contributed by atoms with Crippen molar-refractivity contribution in [2.24, 2.45) is 0 Å². The maximum Gasteiger partial charge on any atom is 0.416 e. The van der Waals surface area contributed by atoms with E-state index >= 15 is 0 Å². The number of halogens is 3. The highest BCUT2D eigenvalue weighted by atomic mass is 19.4. The summed E-state index contributed by atoms with van der Waals surface area (Å²) in [5.41, 5.74) is -1.23. The Hall–Kier alpha value is -2.50. The zero-order valence-electron chi connectivity index (χ0n) is 10.0. The van der Waals surface area contributed by atoms with E-state index in [1.54, 1.807) is 0 Å². The quantitative estimate of drug-likeness (QED) is 0.640. The van der Waals surface area contributed by atoms with Gasteiger partial charge in [-0.05, 0) is 24.3 Å². The number of rotatable bonds is 3. The van der Waals surface area contributed by atoms with Gasteiger partial charge in [0.15, 0.2) is 0 Å². The maximum atomic E-state index is 12.5. The summed E-state index contributed by atoms with van der Waals surface area (Å²) in [7, 11) is 0. The number of hydrogen-bond donors (Lipinski definition) is 0. The molecule has 102 valence electrons. The van der Waals surface area contributed by atoms with Crippen LogP contribution in [-0.4, -0.2) is 16.6 Å². The Kier molecular flexibility index (Phi) is 3.65. The smallest absolute Gasteiger partial charge is 0.285 e. The van der Waals surface area contributed by atoms with Crippen LogP contribution in [-0.2, 0) is 6.18 Å². The van der Waals surface area contributed by atoms with Gasteiger partial charge in [0.2, 0.25) is 11.6 Å². The Labute approximate surface area is 112 Å². The molecule has 1 aromatic carbocycles. The van der Waals surface area contributed by atoms with E-state index in [9.17, 15) is 22.8 Å². The Bertz CT molecular complexity index is 651. The van der Waals surface area contributed by atoms with Crippen molar-refractivity contribution in [2.45, 2.75) is 6.18 Å². The first kappa shape index (κ1) is 13.9. The number of pyridine rings is 1. The molecular formula is C14H8F3NO2. The van der Waals surface area contributed by atoms with Crippen molar-refractivity contribution in [3.05, 3.63) is 65.5 Å². The van der Waals surface area contributed by atoms with Crippen LogP contribution in [0.25, 0.3) is 0 Å². The molecule has 1 aromatic heterocycles. The van der Waals surface area contributed by atoms with Gasteiger partial charge in [0.1, 0.15) is 0 Å². The predicted octanol–water partition coefficient (Wildman–Crippen LogP) is 3.17. The minimum Gasteiger partial charge on any atom is -0.285 e. The minimum absolute atomic E-state index is 0.0370. The van der Waals surface area contributed by atoms with Gasteiger partial charge in [0, 0.05) is 23.5 Å². The number of Topliss-reactive ketones (excluding diaryl/α,β-unsaturated/α-hetero) is 2. The highest BCUT2D eigenvalue weighted by molar-refractivity contribution is 6.49. The molecule has 0 bridgehead atoms. The normalized spacial score (nSPS) is 11.2. The van der Waals surface area contributed by atoms with Gasteiger partial charge in [-0.15, -0.1) is 0 Å². The van der Waals surface area contributed by atoms with Gasteiger partial charge in [-0.3, -0.25) is 14.6 Å². The van der Waals surface area contributed by atoms with E-state index in [1.165, 1.54) is 30.6 Å². The third kappa shape index (κ3) is 2.90. The standard InChI is InChI=1S/C14H8F3NO2/c15-14(16,17)11-5-1-3-9(7-11)12(19)13(20)10-4-2-6-18-8-10/h1-8H. The molecule has 0 aliphatic heterocycles. The second-order valence-corrected chi connectivity index (χ2v) is 3.98. The molecule has 2 aromatic rings. The Morgan fingerprint density at radius 2 is 1.60 bits per heavy atom. The van der Waals surface area contributed by atoms with E-state index in [1.807, 2.05) is 0 Å². The van der Waals surface area contributed by atoms with Crippen LogP contribution in [0.3, 0.4) is 0 Å².